The highest BCUT2D eigenvalue weighted by molar-refractivity contribution is 14.1. The first-order valence-corrected chi connectivity index (χ1v) is 9.36. The van der Waals surface area contributed by atoms with E-state index in [1.807, 2.05) is 25.1 Å². The second-order valence-electron chi connectivity index (χ2n) is 5.15. The molecule has 1 aromatic heterocycles. The minimum absolute atomic E-state index is 0.0921. The smallest absolute Gasteiger partial charge is 0.277 e. The van der Waals surface area contributed by atoms with Gasteiger partial charge >= 0.3 is 0 Å². The van der Waals surface area contributed by atoms with Gasteiger partial charge in [-0.1, -0.05) is 23.9 Å². The van der Waals surface area contributed by atoms with Gasteiger partial charge in [0.25, 0.3) is 11.1 Å². The third-order valence-corrected chi connectivity index (χ3v) is 4.79. The van der Waals surface area contributed by atoms with E-state index in [4.69, 9.17) is 4.42 Å². The Morgan fingerprint density at radius 1 is 1.28 bits per heavy atom. The summed E-state index contributed by atoms with van der Waals surface area (Å²) in [5.74, 6) is -0.409. The zero-order valence-corrected chi connectivity index (χ0v) is 16.1. The molecule has 25 heavy (non-hydrogen) atoms. The molecule has 0 fully saturated rings. The summed E-state index contributed by atoms with van der Waals surface area (Å²) in [7, 11) is 0. The van der Waals surface area contributed by atoms with Crippen LogP contribution in [0.3, 0.4) is 0 Å². The van der Waals surface area contributed by atoms with Crippen LogP contribution in [0.4, 0.5) is 10.1 Å². The maximum absolute atomic E-state index is 13.7. The Hall–Kier alpha value is -1.94. The standard InChI is InChI=1S/C17H13FIN3O2S/c1-10-8-11(19)6-7-14(10)20-15(23)9-25-17-22-21-16(24-17)12-4-2-3-5-13(12)18/h2-8H,9H2,1H3,(H,20,23). The number of aromatic nitrogens is 2. The summed E-state index contributed by atoms with van der Waals surface area (Å²) in [5, 5.41) is 10.7. The Balaban J connectivity index is 1.60. The number of nitrogens with one attached hydrogen (secondary N) is 1. The van der Waals surface area contributed by atoms with Gasteiger partial charge in [-0.15, -0.1) is 10.2 Å². The number of thioether (sulfide) groups is 1. The fourth-order valence-electron chi connectivity index (χ4n) is 2.09. The Morgan fingerprint density at radius 2 is 2.08 bits per heavy atom. The molecule has 0 radical (unpaired) electrons. The number of carbonyl (C=O) groups is 1. The van der Waals surface area contributed by atoms with Gasteiger partial charge in [0, 0.05) is 9.26 Å². The van der Waals surface area contributed by atoms with Gasteiger partial charge in [-0.3, -0.25) is 4.79 Å². The first-order chi connectivity index (χ1) is 12.0. The van der Waals surface area contributed by atoms with E-state index in [0.29, 0.717) is 0 Å². The molecule has 0 aliphatic carbocycles. The van der Waals surface area contributed by atoms with E-state index >= 15 is 0 Å². The molecular formula is C17H13FIN3O2S. The van der Waals surface area contributed by atoms with Gasteiger partial charge in [0.15, 0.2) is 0 Å². The Morgan fingerprint density at radius 3 is 2.84 bits per heavy atom. The maximum Gasteiger partial charge on any atom is 0.277 e. The molecule has 2 aromatic carbocycles. The van der Waals surface area contributed by atoms with Crippen LogP contribution in [-0.2, 0) is 4.79 Å². The number of nitrogens with zero attached hydrogens (tertiary/aromatic N) is 2. The van der Waals surface area contributed by atoms with Crippen molar-refractivity contribution < 1.29 is 13.6 Å². The van der Waals surface area contributed by atoms with Crippen molar-refractivity contribution in [2.24, 2.45) is 0 Å². The highest BCUT2D eigenvalue weighted by Crippen LogP contribution is 2.25. The third kappa shape index (κ3) is 4.57. The molecule has 0 aliphatic heterocycles. The van der Waals surface area contributed by atoms with Gasteiger partial charge in [0.05, 0.1) is 11.3 Å². The lowest BCUT2D eigenvalue weighted by Crippen LogP contribution is -2.14. The van der Waals surface area contributed by atoms with E-state index in [-0.39, 0.29) is 28.3 Å². The Kier molecular flexibility index (Phi) is 5.69. The molecule has 1 N–H and O–H groups in total. The molecule has 1 amide bonds. The second kappa shape index (κ2) is 7.96. The molecule has 0 atom stereocenters. The SMILES string of the molecule is Cc1cc(I)ccc1NC(=O)CSc1nnc(-c2ccccc2F)o1. The Bertz CT molecular complexity index is 916. The first-order valence-electron chi connectivity index (χ1n) is 7.30. The molecule has 3 aromatic rings. The summed E-state index contributed by atoms with van der Waals surface area (Å²) in [6.07, 6.45) is 0. The number of aryl methyl sites for hydroxylation is 1. The zero-order chi connectivity index (χ0) is 17.8. The molecule has 8 heteroatoms. The second-order valence-corrected chi connectivity index (χ2v) is 7.32. The fraction of sp³-hybridized carbons (Fsp3) is 0.118. The first kappa shape index (κ1) is 17.9. The number of carbonyl (C=O) groups excluding carboxylic acids is 1. The number of rotatable bonds is 5. The normalized spacial score (nSPS) is 10.7. The number of hydrogen-bond acceptors (Lipinski definition) is 5. The number of amides is 1. The summed E-state index contributed by atoms with van der Waals surface area (Å²) in [6.45, 7) is 1.93. The van der Waals surface area contributed by atoms with Crippen LogP contribution >= 0.6 is 34.4 Å². The molecule has 0 unspecified atom stereocenters. The summed E-state index contributed by atoms with van der Waals surface area (Å²) >= 11 is 3.32. The van der Waals surface area contributed by atoms with Crippen molar-refractivity contribution in [3.05, 3.63) is 57.4 Å². The van der Waals surface area contributed by atoms with E-state index in [1.165, 1.54) is 6.07 Å². The number of benzene rings is 2. The van der Waals surface area contributed by atoms with E-state index in [1.54, 1.807) is 18.2 Å². The monoisotopic (exact) mass is 469 g/mol. The van der Waals surface area contributed by atoms with Crippen LogP contribution in [-0.4, -0.2) is 21.9 Å². The molecule has 0 spiro atoms. The van der Waals surface area contributed by atoms with Crippen LogP contribution < -0.4 is 5.32 Å². The molecular weight excluding hydrogens is 456 g/mol. The highest BCUT2D eigenvalue weighted by Gasteiger charge is 2.14. The predicted octanol–water partition coefficient (Wildman–Crippen LogP) is 4.52. The van der Waals surface area contributed by atoms with Crippen molar-refractivity contribution in [3.8, 4) is 11.5 Å². The minimum Gasteiger partial charge on any atom is -0.411 e. The molecule has 0 saturated heterocycles. The van der Waals surface area contributed by atoms with E-state index in [9.17, 15) is 9.18 Å². The topological polar surface area (TPSA) is 68.0 Å². The Labute approximate surface area is 161 Å². The molecule has 0 bridgehead atoms. The summed E-state index contributed by atoms with van der Waals surface area (Å²) in [6, 6.07) is 11.9. The molecule has 128 valence electrons. The van der Waals surface area contributed by atoms with Crippen LogP contribution in [0.15, 0.2) is 52.1 Å². The largest absolute Gasteiger partial charge is 0.411 e. The molecule has 3 rings (SSSR count). The van der Waals surface area contributed by atoms with Gasteiger partial charge < -0.3 is 9.73 Å². The van der Waals surface area contributed by atoms with E-state index < -0.39 is 5.82 Å². The van der Waals surface area contributed by atoms with Crippen molar-refractivity contribution in [1.82, 2.24) is 10.2 Å². The van der Waals surface area contributed by atoms with Gasteiger partial charge in [-0.2, -0.15) is 0 Å². The van der Waals surface area contributed by atoms with Crippen molar-refractivity contribution in [2.45, 2.75) is 12.1 Å². The van der Waals surface area contributed by atoms with Gasteiger partial charge in [-0.05, 0) is 65.4 Å². The van der Waals surface area contributed by atoms with Crippen LogP contribution in [0.2, 0.25) is 0 Å². The number of hydrogen-bond donors (Lipinski definition) is 1. The average molecular weight is 469 g/mol. The molecule has 1 heterocycles. The van der Waals surface area contributed by atoms with Crippen molar-refractivity contribution >= 4 is 45.9 Å². The predicted molar refractivity (Wildman–Crippen MR) is 103 cm³/mol. The lowest BCUT2D eigenvalue weighted by molar-refractivity contribution is -0.113. The van der Waals surface area contributed by atoms with Crippen molar-refractivity contribution in [3.63, 3.8) is 0 Å². The summed E-state index contributed by atoms with van der Waals surface area (Å²) in [4.78, 5) is 12.1. The molecule has 0 aliphatic rings. The zero-order valence-electron chi connectivity index (χ0n) is 13.1. The van der Waals surface area contributed by atoms with Gasteiger partial charge in [0.2, 0.25) is 5.91 Å². The van der Waals surface area contributed by atoms with Crippen LogP contribution in [0.1, 0.15) is 5.56 Å². The van der Waals surface area contributed by atoms with E-state index in [0.717, 1.165) is 26.6 Å². The third-order valence-electron chi connectivity index (χ3n) is 3.30. The lowest BCUT2D eigenvalue weighted by Gasteiger charge is -2.07. The van der Waals surface area contributed by atoms with Gasteiger partial charge in [0.1, 0.15) is 5.82 Å². The van der Waals surface area contributed by atoms with E-state index in [2.05, 4.69) is 38.1 Å². The maximum atomic E-state index is 13.7. The van der Waals surface area contributed by atoms with Crippen molar-refractivity contribution in [2.75, 3.05) is 11.1 Å². The fourth-order valence-corrected chi connectivity index (χ4v) is 3.30. The van der Waals surface area contributed by atoms with Gasteiger partial charge in [-0.25, -0.2) is 4.39 Å². The van der Waals surface area contributed by atoms with Crippen LogP contribution in [0.25, 0.3) is 11.5 Å². The van der Waals surface area contributed by atoms with Crippen LogP contribution in [0, 0.1) is 16.3 Å². The quantitative estimate of drug-likeness (QED) is 0.440. The minimum atomic E-state index is -0.436. The summed E-state index contributed by atoms with van der Waals surface area (Å²) < 4.78 is 20.2. The number of halogens is 2. The number of anilines is 1. The average Bonchev–Trinajstić information content (AvgIpc) is 3.05. The molecule has 0 saturated carbocycles. The van der Waals surface area contributed by atoms with Crippen molar-refractivity contribution in [1.29, 1.82) is 0 Å². The molecule has 5 nitrogen and oxygen atoms in total. The highest BCUT2D eigenvalue weighted by atomic mass is 127. The summed E-state index contributed by atoms with van der Waals surface area (Å²) in [5.41, 5.74) is 1.99. The van der Waals surface area contributed by atoms with Crippen LogP contribution in [0.5, 0.6) is 0 Å². The lowest BCUT2D eigenvalue weighted by atomic mass is 10.2.